The summed E-state index contributed by atoms with van der Waals surface area (Å²) in [5, 5.41) is 0.806. The minimum Gasteiger partial charge on any atom is -0.373 e. The average molecular weight is 304 g/mol. The van der Waals surface area contributed by atoms with E-state index in [4.69, 9.17) is 4.74 Å². The quantitative estimate of drug-likeness (QED) is 0.734. The van der Waals surface area contributed by atoms with Crippen molar-refractivity contribution < 1.29 is 9.53 Å². The van der Waals surface area contributed by atoms with E-state index in [1.807, 2.05) is 4.90 Å². The van der Waals surface area contributed by atoms with Crippen LogP contribution in [0.2, 0.25) is 0 Å². The van der Waals surface area contributed by atoms with Crippen molar-refractivity contribution in [1.82, 2.24) is 4.90 Å². The minimum atomic E-state index is -0.109. The van der Waals surface area contributed by atoms with Crippen molar-refractivity contribution in [2.75, 3.05) is 18.5 Å². The van der Waals surface area contributed by atoms with E-state index in [1.54, 1.807) is 0 Å². The van der Waals surface area contributed by atoms with Gasteiger partial charge in [0, 0.05) is 17.3 Å². The Bertz CT molecular complexity index is 289. The van der Waals surface area contributed by atoms with Crippen molar-refractivity contribution in [2.45, 2.75) is 51.7 Å². The van der Waals surface area contributed by atoms with Crippen LogP contribution in [0.15, 0.2) is 0 Å². The SMILES string of the molecule is CC1COC(CBr)CN1C(=O)C1(C)CCCC1. The van der Waals surface area contributed by atoms with Gasteiger partial charge in [-0.05, 0) is 19.8 Å². The van der Waals surface area contributed by atoms with Gasteiger partial charge in [-0.15, -0.1) is 0 Å². The highest BCUT2D eigenvalue weighted by Crippen LogP contribution is 2.40. The molecule has 2 fully saturated rings. The number of hydrogen-bond donors (Lipinski definition) is 0. The summed E-state index contributed by atoms with van der Waals surface area (Å²) in [6.07, 6.45) is 4.65. The fraction of sp³-hybridized carbons (Fsp3) is 0.923. The minimum absolute atomic E-state index is 0.109. The number of rotatable bonds is 2. The van der Waals surface area contributed by atoms with Crippen LogP contribution >= 0.6 is 15.9 Å². The van der Waals surface area contributed by atoms with E-state index in [9.17, 15) is 4.79 Å². The molecule has 2 rings (SSSR count). The average Bonchev–Trinajstić information content (AvgIpc) is 2.77. The van der Waals surface area contributed by atoms with Gasteiger partial charge >= 0.3 is 0 Å². The Hall–Kier alpha value is -0.0900. The number of carbonyl (C=O) groups excluding carboxylic acids is 1. The molecular weight excluding hydrogens is 282 g/mol. The first-order valence-electron chi connectivity index (χ1n) is 6.55. The number of carbonyl (C=O) groups is 1. The van der Waals surface area contributed by atoms with Crippen LogP contribution in [0.25, 0.3) is 0 Å². The Morgan fingerprint density at radius 3 is 2.71 bits per heavy atom. The van der Waals surface area contributed by atoms with E-state index in [2.05, 4.69) is 29.8 Å². The molecule has 0 N–H and O–H groups in total. The van der Waals surface area contributed by atoms with Gasteiger partial charge in [0.15, 0.2) is 0 Å². The van der Waals surface area contributed by atoms with Gasteiger partial charge in [0.2, 0.25) is 5.91 Å². The summed E-state index contributed by atoms with van der Waals surface area (Å²) in [6, 6.07) is 0.218. The van der Waals surface area contributed by atoms with E-state index in [1.165, 1.54) is 12.8 Å². The van der Waals surface area contributed by atoms with Crippen molar-refractivity contribution in [3.8, 4) is 0 Å². The predicted octanol–water partition coefficient (Wildman–Crippen LogP) is 2.58. The molecule has 0 spiro atoms. The fourth-order valence-corrected chi connectivity index (χ4v) is 3.30. The zero-order valence-corrected chi connectivity index (χ0v) is 12.3. The fourth-order valence-electron chi connectivity index (χ4n) is 2.91. The molecule has 2 atom stereocenters. The first-order valence-corrected chi connectivity index (χ1v) is 7.67. The van der Waals surface area contributed by atoms with Gasteiger partial charge in [-0.1, -0.05) is 35.7 Å². The van der Waals surface area contributed by atoms with Crippen LogP contribution in [0.5, 0.6) is 0 Å². The number of hydrogen-bond acceptors (Lipinski definition) is 2. The monoisotopic (exact) mass is 303 g/mol. The molecule has 1 aliphatic heterocycles. The highest BCUT2D eigenvalue weighted by Gasteiger charge is 2.42. The molecule has 1 heterocycles. The molecule has 0 radical (unpaired) electrons. The maximum atomic E-state index is 12.6. The van der Waals surface area contributed by atoms with Gasteiger partial charge in [0.25, 0.3) is 0 Å². The molecule has 3 nitrogen and oxygen atoms in total. The molecule has 17 heavy (non-hydrogen) atoms. The molecule has 0 bridgehead atoms. The lowest BCUT2D eigenvalue weighted by Crippen LogP contribution is -2.55. The van der Waals surface area contributed by atoms with Gasteiger partial charge in [-0.2, -0.15) is 0 Å². The molecule has 1 aliphatic carbocycles. The van der Waals surface area contributed by atoms with Crippen LogP contribution in [0, 0.1) is 5.41 Å². The molecule has 1 saturated heterocycles. The second-order valence-corrected chi connectivity index (χ2v) is 6.33. The zero-order valence-electron chi connectivity index (χ0n) is 10.7. The van der Waals surface area contributed by atoms with Gasteiger partial charge in [-0.25, -0.2) is 0 Å². The molecular formula is C13H22BrNO2. The van der Waals surface area contributed by atoms with Crippen LogP contribution in [-0.2, 0) is 9.53 Å². The Labute approximate surface area is 112 Å². The van der Waals surface area contributed by atoms with Crippen LogP contribution in [0.3, 0.4) is 0 Å². The zero-order chi connectivity index (χ0) is 12.5. The molecule has 0 aromatic carbocycles. The van der Waals surface area contributed by atoms with Crippen molar-refractivity contribution in [3.63, 3.8) is 0 Å². The number of halogens is 1. The van der Waals surface area contributed by atoms with Crippen molar-refractivity contribution in [2.24, 2.45) is 5.41 Å². The first kappa shape index (κ1) is 13.3. The van der Waals surface area contributed by atoms with E-state index < -0.39 is 0 Å². The molecule has 1 saturated carbocycles. The molecule has 2 aliphatic rings. The second-order valence-electron chi connectivity index (χ2n) is 5.68. The number of morpholine rings is 1. The number of alkyl halides is 1. The van der Waals surface area contributed by atoms with Crippen LogP contribution < -0.4 is 0 Å². The van der Waals surface area contributed by atoms with Crippen molar-refractivity contribution in [1.29, 1.82) is 0 Å². The Kier molecular flexibility index (Phi) is 4.14. The predicted molar refractivity (Wildman–Crippen MR) is 71.3 cm³/mol. The van der Waals surface area contributed by atoms with Crippen LogP contribution in [0.1, 0.15) is 39.5 Å². The Morgan fingerprint density at radius 1 is 1.47 bits per heavy atom. The van der Waals surface area contributed by atoms with E-state index in [0.717, 1.165) is 24.7 Å². The highest BCUT2D eigenvalue weighted by molar-refractivity contribution is 9.09. The third kappa shape index (κ3) is 2.68. The topological polar surface area (TPSA) is 29.5 Å². The normalized spacial score (nSPS) is 32.8. The van der Waals surface area contributed by atoms with Crippen molar-refractivity contribution in [3.05, 3.63) is 0 Å². The van der Waals surface area contributed by atoms with Crippen LogP contribution in [-0.4, -0.2) is 41.4 Å². The lowest BCUT2D eigenvalue weighted by Gasteiger charge is -2.41. The summed E-state index contributed by atoms with van der Waals surface area (Å²) in [7, 11) is 0. The van der Waals surface area contributed by atoms with E-state index in [-0.39, 0.29) is 17.6 Å². The van der Waals surface area contributed by atoms with E-state index in [0.29, 0.717) is 12.5 Å². The number of amides is 1. The number of ether oxygens (including phenoxy) is 1. The van der Waals surface area contributed by atoms with Crippen molar-refractivity contribution >= 4 is 21.8 Å². The highest BCUT2D eigenvalue weighted by atomic mass is 79.9. The van der Waals surface area contributed by atoms with Gasteiger partial charge in [-0.3, -0.25) is 4.79 Å². The van der Waals surface area contributed by atoms with Gasteiger partial charge in [0.05, 0.1) is 18.8 Å². The lowest BCUT2D eigenvalue weighted by molar-refractivity contribution is -0.152. The maximum Gasteiger partial charge on any atom is 0.228 e. The largest absolute Gasteiger partial charge is 0.373 e. The summed E-state index contributed by atoms with van der Waals surface area (Å²) in [5.41, 5.74) is -0.109. The summed E-state index contributed by atoms with van der Waals surface area (Å²) in [5.74, 6) is 0.344. The number of nitrogens with zero attached hydrogens (tertiary/aromatic N) is 1. The summed E-state index contributed by atoms with van der Waals surface area (Å²) in [4.78, 5) is 14.7. The first-order chi connectivity index (χ1) is 8.07. The summed E-state index contributed by atoms with van der Waals surface area (Å²) < 4.78 is 5.67. The molecule has 0 aromatic rings. The third-order valence-corrected chi connectivity index (χ3v) is 4.88. The van der Waals surface area contributed by atoms with Crippen LogP contribution in [0.4, 0.5) is 0 Å². The van der Waals surface area contributed by atoms with E-state index >= 15 is 0 Å². The second kappa shape index (κ2) is 5.27. The molecule has 2 unspecified atom stereocenters. The van der Waals surface area contributed by atoms with Gasteiger partial charge in [0.1, 0.15) is 0 Å². The Balaban J connectivity index is 2.06. The summed E-state index contributed by atoms with van der Waals surface area (Å²) in [6.45, 7) is 5.62. The molecule has 1 amide bonds. The smallest absolute Gasteiger partial charge is 0.228 e. The third-order valence-electron chi connectivity index (χ3n) is 4.16. The Morgan fingerprint density at radius 2 is 2.12 bits per heavy atom. The molecule has 98 valence electrons. The van der Waals surface area contributed by atoms with Gasteiger partial charge < -0.3 is 9.64 Å². The molecule has 4 heteroatoms. The molecule has 0 aromatic heterocycles. The summed E-state index contributed by atoms with van der Waals surface area (Å²) >= 11 is 3.44. The maximum absolute atomic E-state index is 12.6. The standard InChI is InChI=1S/C13H22BrNO2/c1-10-9-17-11(7-14)8-15(10)12(16)13(2)5-3-4-6-13/h10-11H,3-9H2,1-2H3. The lowest BCUT2D eigenvalue weighted by atomic mass is 9.86.